The topological polar surface area (TPSA) is 162 Å². The molecule has 2 atom stereocenters. The van der Waals surface area contributed by atoms with Crippen molar-refractivity contribution in [2.24, 2.45) is 11.8 Å². The Hall–Kier alpha value is -3.49. The highest BCUT2D eigenvalue weighted by Gasteiger charge is 2.28. The van der Waals surface area contributed by atoms with Gasteiger partial charge in [0.05, 0.1) is 13.2 Å². The van der Waals surface area contributed by atoms with Crippen LogP contribution in [0.15, 0.2) is 54.7 Å². The molecule has 3 rings (SSSR count). The minimum atomic E-state index is -0.911. The third-order valence-electron chi connectivity index (χ3n) is 6.84. The van der Waals surface area contributed by atoms with Crippen molar-refractivity contribution in [3.63, 3.8) is 0 Å². The molecule has 0 aliphatic rings. The van der Waals surface area contributed by atoms with Gasteiger partial charge in [-0.3, -0.25) is 24.4 Å². The Bertz CT molecular complexity index is 1360. The second kappa shape index (κ2) is 17.6. The van der Waals surface area contributed by atoms with Gasteiger partial charge in [-0.2, -0.15) is 0 Å². The van der Waals surface area contributed by atoms with Gasteiger partial charge in [0.1, 0.15) is 6.04 Å². The van der Waals surface area contributed by atoms with Crippen LogP contribution in [0.3, 0.4) is 0 Å². The third-order valence-corrected chi connectivity index (χ3v) is 7.56. The number of nitrogens with one attached hydrogen (secondary N) is 5. The van der Waals surface area contributed by atoms with Crippen molar-refractivity contribution in [2.75, 3.05) is 19.8 Å². The maximum absolute atomic E-state index is 13.3. The van der Waals surface area contributed by atoms with Crippen LogP contribution in [0.4, 0.5) is 0 Å². The summed E-state index contributed by atoms with van der Waals surface area (Å²) >= 11 is 2.23. The van der Waals surface area contributed by atoms with E-state index < -0.39 is 29.7 Å². The summed E-state index contributed by atoms with van der Waals surface area (Å²) in [5.74, 6) is -2.23. The van der Waals surface area contributed by atoms with E-state index in [-0.39, 0.29) is 50.8 Å². The standard InChI is InChI=1S/C31H40IN5O6/c1-20(2)15-22(17-29(39)37-42)30(40)36-27(16-23-19-34-26-6-4-3-5-25(23)26)31(41)33-12-14-43-13-11-28(38)35-18-21-7-9-24(32)10-8-21/h3-10,19-20,22,27,34,42H,11-18H2,1-2H3,(H,33,41)(H,35,38)(H,36,40)(H,37,39)/t22-,27+/m1/s1. The molecule has 4 amide bonds. The molecule has 11 nitrogen and oxygen atoms in total. The Morgan fingerprint density at radius 1 is 0.953 bits per heavy atom. The molecule has 2 aromatic carbocycles. The summed E-state index contributed by atoms with van der Waals surface area (Å²) in [6.07, 6.45) is 2.44. The van der Waals surface area contributed by atoms with Crippen LogP contribution in [0, 0.1) is 15.4 Å². The lowest BCUT2D eigenvalue weighted by atomic mass is 9.92. The SMILES string of the molecule is CC(C)C[C@H](CC(=O)NO)C(=O)N[C@@H](Cc1c[nH]c2ccccc12)C(=O)NCCOCCC(=O)NCc1ccc(I)cc1. The van der Waals surface area contributed by atoms with Crippen molar-refractivity contribution in [3.8, 4) is 0 Å². The van der Waals surface area contributed by atoms with Gasteiger partial charge < -0.3 is 25.7 Å². The molecule has 1 aromatic heterocycles. The first kappa shape index (κ1) is 34.0. The van der Waals surface area contributed by atoms with Crippen LogP contribution < -0.4 is 21.4 Å². The number of fused-ring (bicyclic) bond motifs is 1. The highest BCUT2D eigenvalue weighted by molar-refractivity contribution is 14.1. The second-order valence-electron chi connectivity index (χ2n) is 10.7. The minimum Gasteiger partial charge on any atom is -0.379 e. The Morgan fingerprint density at radius 2 is 1.70 bits per heavy atom. The summed E-state index contributed by atoms with van der Waals surface area (Å²) in [4.78, 5) is 53.7. The quantitative estimate of drug-likeness (QED) is 0.0548. The fourth-order valence-corrected chi connectivity index (χ4v) is 5.03. The number of aromatic nitrogens is 1. The minimum absolute atomic E-state index is 0.115. The maximum atomic E-state index is 13.3. The van der Waals surface area contributed by atoms with Crippen LogP contribution in [0.5, 0.6) is 0 Å². The molecule has 232 valence electrons. The number of carbonyl (C=O) groups excluding carboxylic acids is 4. The average molecular weight is 706 g/mol. The molecule has 43 heavy (non-hydrogen) atoms. The number of H-pyrrole nitrogens is 1. The number of halogens is 1. The number of hydroxylamine groups is 1. The van der Waals surface area contributed by atoms with Crippen LogP contribution in [0.2, 0.25) is 0 Å². The Morgan fingerprint density at radius 3 is 2.42 bits per heavy atom. The normalized spacial score (nSPS) is 12.5. The average Bonchev–Trinajstić information content (AvgIpc) is 3.40. The number of benzene rings is 2. The van der Waals surface area contributed by atoms with Crippen molar-refractivity contribution in [2.45, 2.75) is 52.1 Å². The fourth-order valence-electron chi connectivity index (χ4n) is 4.67. The number of hydrogen-bond donors (Lipinski definition) is 6. The molecule has 0 spiro atoms. The molecule has 3 aromatic rings. The lowest BCUT2D eigenvalue weighted by Gasteiger charge is -2.23. The van der Waals surface area contributed by atoms with E-state index in [2.05, 4.69) is 43.5 Å². The van der Waals surface area contributed by atoms with Crippen LogP contribution in [-0.4, -0.2) is 59.6 Å². The summed E-state index contributed by atoms with van der Waals surface area (Å²) in [5.41, 5.74) is 4.37. The number of hydrogen-bond acceptors (Lipinski definition) is 6. The summed E-state index contributed by atoms with van der Waals surface area (Å²) in [7, 11) is 0. The number of rotatable bonds is 17. The van der Waals surface area contributed by atoms with Gasteiger partial charge in [0, 0.05) is 58.9 Å². The van der Waals surface area contributed by atoms with Gasteiger partial charge >= 0.3 is 0 Å². The Labute approximate surface area is 265 Å². The van der Waals surface area contributed by atoms with Crippen molar-refractivity contribution < 1.29 is 29.1 Å². The van der Waals surface area contributed by atoms with Crippen LogP contribution in [-0.2, 0) is 36.9 Å². The summed E-state index contributed by atoms with van der Waals surface area (Å²) in [6, 6.07) is 14.7. The molecule has 12 heteroatoms. The van der Waals surface area contributed by atoms with Gasteiger partial charge in [0.2, 0.25) is 23.6 Å². The highest BCUT2D eigenvalue weighted by Crippen LogP contribution is 2.20. The first-order valence-corrected chi connectivity index (χ1v) is 15.4. The molecule has 0 aliphatic carbocycles. The van der Waals surface area contributed by atoms with E-state index >= 15 is 0 Å². The molecule has 1 heterocycles. The summed E-state index contributed by atoms with van der Waals surface area (Å²) in [5, 5.41) is 18.4. The van der Waals surface area contributed by atoms with Crippen LogP contribution in [0.25, 0.3) is 10.9 Å². The molecule has 0 radical (unpaired) electrons. The number of carbonyl (C=O) groups is 4. The van der Waals surface area contributed by atoms with E-state index in [1.54, 1.807) is 5.48 Å². The van der Waals surface area contributed by atoms with E-state index in [0.717, 1.165) is 25.6 Å². The molecular formula is C31H40IN5O6. The monoisotopic (exact) mass is 705 g/mol. The number of amides is 4. The zero-order valence-electron chi connectivity index (χ0n) is 24.5. The van der Waals surface area contributed by atoms with Crippen molar-refractivity contribution in [1.82, 2.24) is 26.4 Å². The first-order chi connectivity index (χ1) is 20.7. The molecule has 6 N–H and O–H groups in total. The van der Waals surface area contributed by atoms with Gasteiger partial charge in [-0.25, -0.2) is 5.48 Å². The largest absolute Gasteiger partial charge is 0.379 e. The lowest BCUT2D eigenvalue weighted by molar-refractivity contribution is -0.136. The zero-order valence-corrected chi connectivity index (χ0v) is 26.6. The van der Waals surface area contributed by atoms with Gasteiger partial charge in [0.15, 0.2) is 0 Å². The van der Waals surface area contributed by atoms with Crippen molar-refractivity contribution >= 4 is 57.1 Å². The number of ether oxygens (including phenoxy) is 1. The Balaban J connectivity index is 1.53. The molecule has 0 bridgehead atoms. The smallest absolute Gasteiger partial charge is 0.244 e. The first-order valence-electron chi connectivity index (χ1n) is 14.3. The summed E-state index contributed by atoms with van der Waals surface area (Å²) < 4.78 is 6.68. The molecule has 0 saturated heterocycles. The maximum Gasteiger partial charge on any atom is 0.244 e. The molecule has 0 fully saturated rings. The van der Waals surface area contributed by atoms with Gasteiger partial charge in [-0.1, -0.05) is 44.2 Å². The molecule has 0 aliphatic heterocycles. The van der Waals surface area contributed by atoms with E-state index in [1.807, 2.05) is 68.6 Å². The fraction of sp³-hybridized carbons (Fsp3) is 0.419. The third kappa shape index (κ3) is 11.6. The van der Waals surface area contributed by atoms with Crippen LogP contribution in [0.1, 0.15) is 44.2 Å². The summed E-state index contributed by atoms with van der Waals surface area (Å²) in [6.45, 7) is 4.88. The predicted molar refractivity (Wildman–Crippen MR) is 171 cm³/mol. The lowest BCUT2D eigenvalue weighted by Crippen LogP contribution is -2.50. The molecule has 0 saturated carbocycles. The van der Waals surface area contributed by atoms with Gasteiger partial charge in [0.25, 0.3) is 0 Å². The number of aromatic amines is 1. The van der Waals surface area contributed by atoms with Crippen molar-refractivity contribution in [3.05, 3.63) is 69.4 Å². The number of para-hydroxylation sites is 1. The van der Waals surface area contributed by atoms with Crippen LogP contribution >= 0.6 is 22.6 Å². The Kier molecular flexibility index (Phi) is 13.9. The van der Waals surface area contributed by atoms with Gasteiger partial charge in [-0.15, -0.1) is 0 Å². The zero-order chi connectivity index (χ0) is 31.2. The van der Waals surface area contributed by atoms with Gasteiger partial charge in [-0.05, 0) is 64.3 Å². The predicted octanol–water partition coefficient (Wildman–Crippen LogP) is 3.20. The van der Waals surface area contributed by atoms with E-state index in [9.17, 15) is 19.2 Å². The van der Waals surface area contributed by atoms with E-state index in [4.69, 9.17) is 9.94 Å². The van der Waals surface area contributed by atoms with E-state index in [0.29, 0.717) is 13.0 Å². The molecule has 0 unspecified atom stereocenters. The second-order valence-corrected chi connectivity index (χ2v) is 12.0. The van der Waals surface area contributed by atoms with Crippen molar-refractivity contribution in [1.29, 1.82) is 0 Å². The van der Waals surface area contributed by atoms with E-state index in [1.165, 1.54) is 0 Å². The molecular weight excluding hydrogens is 665 g/mol. The highest BCUT2D eigenvalue weighted by atomic mass is 127.